The summed E-state index contributed by atoms with van der Waals surface area (Å²) in [6, 6.07) is 19.4. The van der Waals surface area contributed by atoms with E-state index >= 15 is 0 Å². The van der Waals surface area contributed by atoms with E-state index in [4.69, 9.17) is 0 Å². The number of hydrogen-bond donors (Lipinski definition) is 0. The Labute approximate surface area is 125 Å². The monoisotopic (exact) mass is 277 g/mol. The van der Waals surface area contributed by atoms with Crippen molar-refractivity contribution in [3.8, 4) is 0 Å². The molecule has 0 bridgehead atoms. The van der Waals surface area contributed by atoms with Crippen LogP contribution in [0.25, 0.3) is 0 Å². The van der Waals surface area contributed by atoms with Crippen LogP contribution in [-0.4, -0.2) is 12.8 Å². The van der Waals surface area contributed by atoms with E-state index in [2.05, 4.69) is 53.4 Å². The lowest BCUT2D eigenvalue weighted by Crippen LogP contribution is -2.35. The normalized spacial score (nSPS) is 17.7. The summed E-state index contributed by atoms with van der Waals surface area (Å²) in [7, 11) is 0. The summed E-state index contributed by atoms with van der Waals surface area (Å²) in [5.41, 5.74) is 4.05. The van der Waals surface area contributed by atoms with Crippen LogP contribution in [0, 0.1) is 0 Å². The average Bonchev–Trinajstić information content (AvgIpc) is 2.56. The molecule has 0 saturated carbocycles. The molecule has 1 aliphatic rings. The van der Waals surface area contributed by atoms with Crippen molar-refractivity contribution in [3.05, 3.63) is 77.9 Å². The van der Waals surface area contributed by atoms with Crippen molar-refractivity contribution in [2.45, 2.75) is 18.9 Å². The Morgan fingerprint density at radius 1 is 1.05 bits per heavy atom. The van der Waals surface area contributed by atoms with Crippen LogP contribution in [-0.2, 0) is 11.2 Å². The number of benzene rings is 2. The summed E-state index contributed by atoms with van der Waals surface area (Å²) < 4.78 is 0. The van der Waals surface area contributed by atoms with Gasteiger partial charge in [0.15, 0.2) is 0 Å². The highest BCUT2D eigenvalue weighted by atomic mass is 16.1. The van der Waals surface area contributed by atoms with E-state index in [0.717, 1.165) is 25.7 Å². The fourth-order valence-corrected chi connectivity index (χ4v) is 3.10. The Balaban J connectivity index is 1.96. The van der Waals surface area contributed by atoms with Crippen molar-refractivity contribution >= 4 is 12.0 Å². The predicted molar refractivity (Wildman–Crippen MR) is 86.5 cm³/mol. The van der Waals surface area contributed by atoms with Gasteiger partial charge in [-0.15, -0.1) is 0 Å². The van der Waals surface area contributed by atoms with Gasteiger partial charge in [-0.3, -0.25) is 4.79 Å². The quantitative estimate of drug-likeness (QED) is 0.623. The Bertz CT molecular complexity index is 633. The van der Waals surface area contributed by atoms with Gasteiger partial charge in [0.2, 0.25) is 0 Å². The zero-order chi connectivity index (χ0) is 14.5. The van der Waals surface area contributed by atoms with E-state index in [1.807, 2.05) is 12.1 Å². The van der Waals surface area contributed by atoms with Gasteiger partial charge in [0.05, 0.1) is 6.04 Å². The topological polar surface area (TPSA) is 20.3 Å². The highest BCUT2D eigenvalue weighted by molar-refractivity contribution is 5.64. The maximum Gasteiger partial charge on any atom is 0.142 e. The Morgan fingerprint density at radius 3 is 2.62 bits per heavy atom. The third-order valence-corrected chi connectivity index (χ3v) is 4.07. The second kappa shape index (κ2) is 6.40. The van der Waals surface area contributed by atoms with E-state index in [1.54, 1.807) is 6.08 Å². The van der Waals surface area contributed by atoms with Crippen LogP contribution in [0.2, 0.25) is 0 Å². The van der Waals surface area contributed by atoms with Crippen molar-refractivity contribution in [3.63, 3.8) is 0 Å². The number of allylic oxidation sites excluding steroid dienone is 1. The van der Waals surface area contributed by atoms with Crippen molar-refractivity contribution < 1.29 is 4.79 Å². The molecule has 2 nitrogen and oxygen atoms in total. The minimum atomic E-state index is 0.300. The molecular weight excluding hydrogens is 258 g/mol. The average molecular weight is 277 g/mol. The van der Waals surface area contributed by atoms with Gasteiger partial charge in [-0.2, -0.15) is 0 Å². The number of nitrogens with zero attached hydrogens (tertiary/aromatic N) is 1. The molecule has 2 aromatic rings. The molecule has 0 saturated heterocycles. The molecule has 0 radical (unpaired) electrons. The van der Waals surface area contributed by atoms with Crippen LogP contribution >= 0.6 is 0 Å². The molecule has 1 unspecified atom stereocenters. The van der Waals surface area contributed by atoms with Crippen LogP contribution in [0.4, 0.5) is 5.69 Å². The number of anilines is 1. The summed E-state index contributed by atoms with van der Waals surface area (Å²) in [5, 5.41) is 0. The lowest BCUT2D eigenvalue weighted by Gasteiger charge is -2.38. The molecule has 1 atom stereocenters. The molecule has 21 heavy (non-hydrogen) atoms. The fraction of sp³-hybridized carbons (Fsp3) is 0.211. The molecule has 0 spiro atoms. The maximum atomic E-state index is 10.5. The zero-order valence-electron chi connectivity index (χ0n) is 12.0. The lowest BCUT2D eigenvalue weighted by atomic mass is 9.90. The van der Waals surface area contributed by atoms with E-state index in [1.165, 1.54) is 16.8 Å². The van der Waals surface area contributed by atoms with E-state index in [0.29, 0.717) is 6.04 Å². The first-order chi connectivity index (χ1) is 10.4. The second-order valence-electron chi connectivity index (χ2n) is 5.29. The van der Waals surface area contributed by atoms with Gasteiger partial charge < -0.3 is 4.90 Å². The first-order valence-electron chi connectivity index (χ1n) is 7.40. The molecule has 0 amide bonds. The molecule has 1 heterocycles. The van der Waals surface area contributed by atoms with Crippen molar-refractivity contribution in [2.24, 2.45) is 0 Å². The number of rotatable bonds is 4. The van der Waals surface area contributed by atoms with Crippen molar-refractivity contribution in [2.75, 3.05) is 11.4 Å². The smallest absolute Gasteiger partial charge is 0.142 e. The molecule has 0 fully saturated rings. The Kier molecular flexibility index (Phi) is 4.15. The molecule has 0 aromatic heterocycles. The van der Waals surface area contributed by atoms with Crippen molar-refractivity contribution in [1.29, 1.82) is 0 Å². The zero-order valence-corrected chi connectivity index (χ0v) is 12.0. The molecule has 106 valence electrons. The van der Waals surface area contributed by atoms with Gasteiger partial charge >= 0.3 is 0 Å². The van der Waals surface area contributed by atoms with Crippen LogP contribution in [0.3, 0.4) is 0 Å². The van der Waals surface area contributed by atoms with Gasteiger partial charge in [-0.05, 0) is 42.2 Å². The molecule has 1 aliphatic heterocycles. The summed E-state index contributed by atoms with van der Waals surface area (Å²) in [5.74, 6) is 0. The molecule has 0 aliphatic carbocycles. The number of aldehydes is 1. The van der Waals surface area contributed by atoms with Crippen LogP contribution in [0.1, 0.15) is 23.6 Å². The van der Waals surface area contributed by atoms with Gasteiger partial charge in [0.25, 0.3) is 0 Å². The van der Waals surface area contributed by atoms with Gasteiger partial charge in [-0.25, -0.2) is 0 Å². The number of carbonyl (C=O) groups excluding carboxylic acids is 1. The van der Waals surface area contributed by atoms with E-state index in [-0.39, 0.29) is 0 Å². The van der Waals surface area contributed by atoms with Crippen LogP contribution in [0.15, 0.2) is 66.7 Å². The van der Waals surface area contributed by atoms with Gasteiger partial charge in [0.1, 0.15) is 6.29 Å². The maximum absolute atomic E-state index is 10.5. The first kappa shape index (κ1) is 13.6. The van der Waals surface area contributed by atoms with E-state index in [9.17, 15) is 4.79 Å². The number of fused-ring (bicyclic) bond motifs is 1. The van der Waals surface area contributed by atoms with Crippen LogP contribution in [0.5, 0.6) is 0 Å². The second-order valence-corrected chi connectivity index (χ2v) is 5.29. The molecule has 0 N–H and O–H groups in total. The number of hydrogen-bond acceptors (Lipinski definition) is 2. The fourth-order valence-electron chi connectivity index (χ4n) is 3.10. The Morgan fingerprint density at radius 2 is 1.81 bits per heavy atom. The van der Waals surface area contributed by atoms with E-state index < -0.39 is 0 Å². The highest BCUT2D eigenvalue weighted by Gasteiger charge is 2.26. The number of carbonyl (C=O) groups is 1. The summed E-state index contributed by atoms with van der Waals surface area (Å²) in [4.78, 5) is 13.0. The molecule has 2 heteroatoms. The molecule has 2 aromatic carbocycles. The third kappa shape index (κ3) is 2.89. The number of para-hydroxylation sites is 1. The minimum absolute atomic E-state index is 0.300. The summed E-state index contributed by atoms with van der Waals surface area (Å²) in [6.45, 7) is 1.01. The summed E-state index contributed by atoms with van der Waals surface area (Å²) >= 11 is 0. The van der Waals surface area contributed by atoms with Crippen LogP contribution < -0.4 is 4.90 Å². The predicted octanol–water partition coefficient (Wildman–Crippen LogP) is 3.94. The minimum Gasteiger partial charge on any atom is -0.364 e. The first-order valence-corrected chi connectivity index (χ1v) is 7.40. The third-order valence-electron chi connectivity index (χ3n) is 4.07. The summed E-state index contributed by atoms with van der Waals surface area (Å²) in [6.07, 6.45) is 6.33. The largest absolute Gasteiger partial charge is 0.364 e. The van der Waals surface area contributed by atoms with Gasteiger partial charge in [0, 0.05) is 12.2 Å². The Hall–Kier alpha value is -2.35. The molecular formula is C19H19NO. The highest BCUT2D eigenvalue weighted by Crippen LogP contribution is 2.35. The lowest BCUT2D eigenvalue weighted by molar-refractivity contribution is -0.104. The van der Waals surface area contributed by atoms with Crippen molar-refractivity contribution in [1.82, 2.24) is 0 Å². The van der Waals surface area contributed by atoms with Gasteiger partial charge in [-0.1, -0.05) is 48.5 Å². The SMILES string of the molecule is O=C/C=C/CC1c2ccccc2CCN1c1ccccc1. The standard InChI is InChI=1S/C19H19NO/c21-15-7-6-12-19-18-11-5-4-8-16(18)13-14-20(19)17-9-2-1-3-10-17/h1-11,15,19H,12-14H2/b7-6+. The molecule has 3 rings (SSSR count).